The molecule has 51 heavy (non-hydrogen) atoms. The summed E-state index contributed by atoms with van der Waals surface area (Å²) in [7, 11) is -2.09. The van der Waals surface area contributed by atoms with E-state index in [9.17, 15) is 42.9 Å². The Kier molecular flexibility index (Phi) is 12.8. The van der Waals surface area contributed by atoms with Crippen LogP contribution in [0, 0.1) is 0 Å². The largest absolute Gasteiger partial charge is 1.00 e. The first kappa shape index (κ1) is 39.6. The number of carboxylic acids is 1. The third kappa shape index (κ3) is 9.00. The van der Waals surface area contributed by atoms with Gasteiger partial charge in [0.2, 0.25) is 32.9 Å². The molecule has 0 saturated carbocycles. The van der Waals surface area contributed by atoms with Crippen molar-refractivity contribution < 1.29 is 72.5 Å². The summed E-state index contributed by atoms with van der Waals surface area (Å²) < 4.78 is 23.7. The van der Waals surface area contributed by atoms with Gasteiger partial charge in [0.1, 0.15) is 28.9 Å². The zero-order valence-corrected chi connectivity index (χ0v) is 31.3. The Bertz CT molecular complexity index is 1970. The number of carboxylic acid groups (broad SMARTS) is 1. The van der Waals surface area contributed by atoms with Gasteiger partial charge in [-0.15, -0.1) is 16.9 Å². The second-order valence-corrected chi connectivity index (χ2v) is 14.5. The van der Waals surface area contributed by atoms with E-state index in [-0.39, 0.29) is 82.7 Å². The fraction of sp³-hybridized carbons (Fsp3) is 0.346. The standard InChI is InChI=1S/C26H30N12O9S3.Na/c1-36-26(33-34-35-36)49-11-13-10-48-22-16(21(42)38(22)18(13)23(43)44)31-20(41)17(12-3-5-14(39)6-4-12)37(24(27)45)15-9-30-25(32-19(15)40)29-7-2-8-50(28,46)47;/h3-6,9,16-17,22,39H,2,7-8,10-11H2,1H3,(H2,27,45)(H,31,41)(H,43,44)(H2,28,46,47)(H2,29,30,32,40);/q;+1/p-1/t16?,17?,22-;/m0./s1. The van der Waals surface area contributed by atoms with Crippen LogP contribution in [0.4, 0.5) is 16.4 Å². The number of nitrogens with one attached hydrogen (secondary N) is 2. The van der Waals surface area contributed by atoms with Gasteiger partial charge >= 0.3 is 35.6 Å². The molecule has 21 nitrogen and oxygen atoms in total. The molecule has 2 aromatic heterocycles. The van der Waals surface area contributed by atoms with Crippen molar-refractivity contribution in [1.29, 1.82) is 0 Å². The van der Waals surface area contributed by atoms with Gasteiger partial charge in [0.05, 0.1) is 23.6 Å². The molecule has 4 heterocycles. The molecule has 2 aliphatic heterocycles. The number of β-lactam (4-membered cyclic amide) rings is 1. The molecule has 2 aliphatic rings. The minimum absolute atomic E-state index is 0. The van der Waals surface area contributed by atoms with Crippen LogP contribution in [0.15, 0.2) is 46.9 Å². The van der Waals surface area contributed by atoms with Gasteiger partial charge in [0, 0.05) is 25.1 Å². The van der Waals surface area contributed by atoms with Gasteiger partial charge in [-0.2, -0.15) is 4.98 Å². The van der Waals surface area contributed by atoms with E-state index in [0.717, 1.165) is 22.9 Å². The number of hydrogen-bond donors (Lipinski definition) is 6. The molecule has 1 saturated heterocycles. The van der Waals surface area contributed by atoms with Gasteiger partial charge in [0.15, 0.2) is 0 Å². The molecule has 0 spiro atoms. The molecular weight excluding hydrogens is 744 g/mol. The van der Waals surface area contributed by atoms with Crippen LogP contribution in [0.1, 0.15) is 18.0 Å². The number of phenols is 1. The topological polar surface area (TPSA) is 318 Å². The second kappa shape index (κ2) is 16.4. The van der Waals surface area contributed by atoms with Crippen LogP contribution in [0.5, 0.6) is 11.6 Å². The van der Waals surface area contributed by atoms with Crippen molar-refractivity contribution in [3.63, 3.8) is 0 Å². The van der Waals surface area contributed by atoms with Crippen molar-refractivity contribution in [3.8, 4) is 11.6 Å². The minimum Gasteiger partial charge on any atom is -0.543 e. The number of thioether (sulfide) groups is 2. The maximum Gasteiger partial charge on any atom is 1.00 e. The Morgan fingerprint density at radius 3 is 2.53 bits per heavy atom. The van der Waals surface area contributed by atoms with Gasteiger partial charge in [-0.05, 0) is 40.1 Å². The second-order valence-electron chi connectivity index (χ2n) is 10.8. The van der Waals surface area contributed by atoms with Crippen LogP contribution in [0.2, 0.25) is 0 Å². The van der Waals surface area contributed by atoms with Crippen LogP contribution in [0.3, 0.4) is 0 Å². The smallest absolute Gasteiger partial charge is 0.543 e. The number of aromatic nitrogens is 6. The number of nitrogens with two attached hydrogens (primary N) is 2. The Morgan fingerprint density at radius 1 is 1.24 bits per heavy atom. The molecule has 1 aromatic carbocycles. The van der Waals surface area contributed by atoms with Crippen LogP contribution in [-0.2, 0) is 31.5 Å². The molecule has 8 N–H and O–H groups in total. The number of primary sulfonamides is 1. The van der Waals surface area contributed by atoms with E-state index in [1.54, 1.807) is 7.05 Å². The maximum absolute atomic E-state index is 14.0. The molecule has 3 atom stereocenters. The van der Waals surface area contributed by atoms with Gasteiger partial charge in [0.25, 0.3) is 5.91 Å². The number of aromatic hydroxyl groups is 2. The number of sulfonamides is 1. The number of phenolic OH excluding ortho intramolecular Hbond substituents is 1. The summed E-state index contributed by atoms with van der Waals surface area (Å²) in [6.45, 7) is 0.0627. The molecule has 2 unspecified atom stereocenters. The van der Waals surface area contributed by atoms with E-state index in [1.807, 2.05) is 0 Å². The molecule has 25 heteroatoms. The van der Waals surface area contributed by atoms with E-state index in [1.165, 1.54) is 40.7 Å². The predicted octanol–water partition coefficient (Wildman–Crippen LogP) is -5.67. The van der Waals surface area contributed by atoms with Crippen molar-refractivity contribution in [3.05, 3.63) is 47.3 Å². The van der Waals surface area contributed by atoms with Gasteiger partial charge in [-0.25, -0.2) is 28.0 Å². The zero-order valence-electron chi connectivity index (χ0n) is 26.9. The fourth-order valence-corrected chi connectivity index (χ4v) is 7.95. The number of aryl methyl sites for hydroxylation is 1. The SMILES string of the molecule is Cn1nnnc1SCC1=C(C(=O)[O-])N2C(=O)C(NC(=O)C(c3ccc(O)cc3)N(C(N)=O)c3cnc(NCCCS(N)(=O)=O)nc3O)[C@@H]2SC1.[Na+]. The van der Waals surface area contributed by atoms with E-state index in [2.05, 4.69) is 36.1 Å². The van der Waals surface area contributed by atoms with E-state index in [4.69, 9.17) is 10.9 Å². The number of primary amides is 1. The number of urea groups is 1. The van der Waals surface area contributed by atoms with Crippen LogP contribution < -0.4 is 61.1 Å². The first-order chi connectivity index (χ1) is 23.7. The van der Waals surface area contributed by atoms with Crippen LogP contribution in [-0.4, -0.2) is 113 Å². The zero-order chi connectivity index (χ0) is 36.3. The monoisotopic (exact) mass is 772 g/mol. The average molecular weight is 773 g/mol. The summed E-state index contributed by atoms with van der Waals surface area (Å²) in [5.41, 5.74) is 5.45. The number of hydrogen-bond acceptors (Lipinski definition) is 17. The number of anilines is 2. The van der Waals surface area contributed by atoms with Crippen molar-refractivity contribution >= 4 is 69.0 Å². The van der Waals surface area contributed by atoms with Crippen molar-refractivity contribution in [2.24, 2.45) is 17.9 Å². The molecule has 5 rings (SSSR count). The van der Waals surface area contributed by atoms with E-state index in [0.29, 0.717) is 15.6 Å². The normalized spacial score (nSPS) is 17.5. The molecule has 3 aromatic rings. The minimum atomic E-state index is -3.70. The van der Waals surface area contributed by atoms with E-state index < -0.39 is 62.9 Å². The maximum atomic E-state index is 14.0. The number of benzene rings is 1. The molecule has 0 bridgehead atoms. The Balaban J connectivity index is 0.00000583. The van der Waals surface area contributed by atoms with E-state index >= 15 is 0 Å². The molecule has 266 valence electrons. The number of amides is 4. The molecular formula is C26H29N12NaO9S3. The quantitative estimate of drug-likeness (QED) is 0.0385. The summed E-state index contributed by atoms with van der Waals surface area (Å²) in [5, 5.41) is 53.8. The van der Waals surface area contributed by atoms with Crippen LogP contribution >= 0.6 is 23.5 Å². The Hall–Kier alpha value is -4.20. The van der Waals surface area contributed by atoms with Crippen molar-refractivity contribution in [2.75, 3.05) is 34.0 Å². The predicted molar refractivity (Wildman–Crippen MR) is 174 cm³/mol. The molecule has 0 aliphatic carbocycles. The molecule has 0 radical (unpaired) electrons. The summed E-state index contributed by atoms with van der Waals surface area (Å²) in [6, 6.07) is 0.971. The molecule has 1 fully saturated rings. The summed E-state index contributed by atoms with van der Waals surface area (Å²) in [6.07, 6.45) is 1.09. The third-order valence-electron chi connectivity index (χ3n) is 7.35. The number of carbonyl (C=O) groups is 4. The summed E-state index contributed by atoms with van der Waals surface area (Å²) in [5.74, 6) is -4.40. The summed E-state index contributed by atoms with van der Waals surface area (Å²) in [4.78, 5) is 62.1. The number of aliphatic carboxylic acids is 1. The van der Waals surface area contributed by atoms with Gasteiger partial charge in [-0.3, -0.25) is 19.4 Å². The third-order valence-corrected chi connectivity index (χ3v) is 10.6. The van der Waals surface area contributed by atoms with Crippen LogP contribution in [0.25, 0.3) is 0 Å². The Morgan fingerprint density at radius 2 is 1.94 bits per heavy atom. The number of fused-ring (bicyclic) bond motifs is 1. The first-order valence-electron chi connectivity index (χ1n) is 14.4. The first-order valence-corrected chi connectivity index (χ1v) is 18.1. The van der Waals surface area contributed by atoms with Crippen molar-refractivity contribution in [2.45, 2.75) is 29.0 Å². The van der Waals surface area contributed by atoms with Gasteiger partial charge < -0.3 is 36.5 Å². The summed E-state index contributed by atoms with van der Waals surface area (Å²) >= 11 is 2.36. The van der Waals surface area contributed by atoms with Gasteiger partial charge in [-0.1, -0.05) is 23.9 Å². The average Bonchev–Trinajstić information content (AvgIpc) is 3.47. The number of carbonyl (C=O) groups excluding carboxylic acids is 4. The number of nitrogens with zero attached hydrogens (tertiary/aromatic N) is 8. The fourth-order valence-electron chi connectivity index (χ4n) is 5.06. The number of tetrazole rings is 1. The van der Waals surface area contributed by atoms with Crippen molar-refractivity contribution in [1.82, 2.24) is 40.4 Å². The Labute approximate surface area is 319 Å². The molecule has 4 amide bonds. The number of rotatable bonds is 14.